The molecule has 0 bridgehead atoms. The molecule has 0 saturated carbocycles. The van der Waals surface area contributed by atoms with Gasteiger partial charge in [-0.15, -0.1) is 0 Å². The third-order valence-electron chi connectivity index (χ3n) is 5.99. The number of nitrogens with one attached hydrogen (secondary N) is 2. The van der Waals surface area contributed by atoms with E-state index in [-0.39, 0.29) is 11.6 Å². The highest BCUT2D eigenvalue weighted by atomic mass is 19.1. The third-order valence-corrected chi connectivity index (χ3v) is 5.99. The van der Waals surface area contributed by atoms with Crippen LogP contribution in [0.25, 0.3) is 21.8 Å². The second-order valence-electron chi connectivity index (χ2n) is 8.33. The normalized spacial score (nSPS) is 14.6. The number of rotatable bonds is 8. The van der Waals surface area contributed by atoms with Gasteiger partial charge in [0.2, 0.25) is 0 Å². The molecule has 7 heteroatoms. The van der Waals surface area contributed by atoms with Crippen LogP contribution in [0.5, 0.6) is 0 Å². The second-order valence-corrected chi connectivity index (χ2v) is 8.33. The minimum absolute atomic E-state index is 0.266. The lowest BCUT2D eigenvalue weighted by Gasteiger charge is -2.39. The zero-order chi connectivity index (χ0) is 21.9. The van der Waals surface area contributed by atoms with Crippen molar-refractivity contribution in [1.29, 1.82) is 0 Å². The maximum absolute atomic E-state index is 13.4. The lowest BCUT2D eigenvalue weighted by molar-refractivity contribution is 0.109. The van der Waals surface area contributed by atoms with Crippen molar-refractivity contribution < 1.29 is 8.78 Å². The Morgan fingerprint density at radius 3 is 2.03 bits per heavy atom. The van der Waals surface area contributed by atoms with Crippen molar-refractivity contribution in [2.24, 2.45) is 5.92 Å². The van der Waals surface area contributed by atoms with E-state index in [2.05, 4.69) is 25.5 Å². The summed E-state index contributed by atoms with van der Waals surface area (Å²) in [5.41, 5.74) is 3.33. The number of aromatic nitrogens is 2. The van der Waals surface area contributed by atoms with E-state index in [9.17, 15) is 8.78 Å². The zero-order valence-corrected chi connectivity index (χ0v) is 17.7. The Labute approximate surface area is 185 Å². The summed E-state index contributed by atoms with van der Waals surface area (Å²) in [6, 6.07) is 13.3. The second kappa shape index (κ2) is 9.04. The molecule has 1 aliphatic rings. The summed E-state index contributed by atoms with van der Waals surface area (Å²) in [7, 11) is 0. The van der Waals surface area contributed by atoms with Crippen LogP contribution in [-0.4, -0.2) is 47.6 Å². The minimum atomic E-state index is -0.269. The van der Waals surface area contributed by atoms with Crippen LogP contribution >= 0.6 is 0 Å². The van der Waals surface area contributed by atoms with Gasteiger partial charge in [0.15, 0.2) is 0 Å². The number of likely N-dealkylation sites (tertiary alicyclic amines) is 1. The van der Waals surface area contributed by atoms with Crippen LogP contribution < -0.4 is 10.6 Å². The topological polar surface area (TPSA) is 53.1 Å². The molecule has 0 unspecified atom stereocenters. The summed E-state index contributed by atoms with van der Waals surface area (Å²) in [5.74, 6) is 0.0675. The van der Waals surface area contributed by atoms with E-state index in [0.29, 0.717) is 17.0 Å². The van der Waals surface area contributed by atoms with Crippen LogP contribution in [0.3, 0.4) is 0 Å². The molecule has 5 rings (SSSR count). The van der Waals surface area contributed by atoms with Gasteiger partial charge in [-0.1, -0.05) is 0 Å². The van der Waals surface area contributed by atoms with Gasteiger partial charge in [-0.25, -0.2) is 8.78 Å². The Balaban J connectivity index is 1.05. The van der Waals surface area contributed by atoms with Gasteiger partial charge < -0.3 is 15.5 Å². The van der Waals surface area contributed by atoms with Gasteiger partial charge in [0.05, 0.1) is 11.0 Å². The average Bonchev–Trinajstić information content (AvgIpc) is 2.76. The fourth-order valence-electron chi connectivity index (χ4n) is 4.32. The van der Waals surface area contributed by atoms with E-state index < -0.39 is 0 Å². The number of fused-ring (bicyclic) bond motifs is 2. The van der Waals surface area contributed by atoms with Gasteiger partial charge >= 0.3 is 0 Å². The molecule has 5 nitrogen and oxygen atoms in total. The van der Waals surface area contributed by atoms with E-state index in [0.717, 1.165) is 61.3 Å². The van der Waals surface area contributed by atoms with Crippen molar-refractivity contribution in [3.63, 3.8) is 0 Å². The summed E-state index contributed by atoms with van der Waals surface area (Å²) in [4.78, 5) is 10.9. The lowest BCUT2D eigenvalue weighted by atomic mass is 9.99. The first-order valence-electron chi connectivity index (χ1n) is 10.9. The molecule has 32 heavy (non-hydrogen) atoms. The Morgan fingerprint density at radius 1 is 0.812 bits per heavy atom. The molecule has 2 aromatic heterocycles. The van der Waals surface area contributed by atoms with E-state index >= 15 is 0 Å². The van der Waals surface area contributed by atoms with Gasteiger partial charge in [0.25, 0.3) is 0 Å². The van der Waals surface area contributed by atoms with Crippen molar-refractivity contribution >= 4 is 33.2 Å². The lowest BCUT2D eigenvalue weighted by Crippen LogP contribution is -2.49. The van der Waals surface area contributed by atoms with Crippen molar-refractivity contribution in [2.75, 3.05) is 43.4 Å². The van der Waals surface area contributed by atoms with E-state index in [1.807, 2.05) is 12.1 Å². The van der Waals surface area contributed by atoms with Crippen molar-refractivity contribution in [3.8, 4) is 0 Å². The van der Waals surface area contributed by atoms with Gasteiger partial charge in [-0.05, 0) is 49.4 Å². The average molecular weight is 434 g/mol. The molecule has 2 N–H and O–H groups in total. The van der Waals surface area contributed by atoms with Gasteiger partial charge in [0, 0.05) is 78.8 Å². The summed E-state index contributed by atoms with van der Waals surface area (Å²) < 4.78 is 26.8. The third kappa shape index (κ3) is 4.48. The molecule has 4 aromatic rings. The summed E-state index contributed by atoms with van der Waals surface area (Å²) in [5, 5.41) is 8.85. The Kier molecular flexibility index (Phi) is 5.81. The van der Waals surface area contributed by atoms with Gasteiger partial charge in [0.1, 0.15) is 11.6 Å². The van der Waals surface area contributed by atoms with Crippen LogP contribution in [0.15, 0.2) is 60.9 Å². The number of anilines is 2. The highest BCUT2D eigenvalue weighted by Gasteiger charge is 2.25. The molecule has 0 radical (unpaired) electrons. The van der Waals surface area contributed by atoms with Crippen LogP contribution in [-0.2, 0) is 0 Å². The minimum Gasteiger partial charge on any atom is -0.384 e. The maximum atomic E-state index is 13.4. The van der Waals surface area contributed by atoms with E-state index in [1.165, 1.54) is 24.3 Å². The van der Waals surface area contributed by atoms with Crippen LogP contribution in [0.2, 0.25) is 0 Å². The van der Waals surface area contributed by atoms with Crippen molar-refractivity contribution in [3.05, 3.63) is 72.6 Å². The molecule has 2 aromatic carbocycles. The maximum Gasteiger partial charge on any atom is 0.125 e. The smallest absolute Gasteiger partial charge is 0.125 e. The highest BCUT2D eigenvalue weighted by molar-refractivity contribution is 5.91. The first-order chi connectivity index (χ1) is 15.7. The predicted octanol–water partition coefficient (Wildman–Crippen LogP) is 4.91. The molecule has 3 heterocycles. The number of pyridine rings is 2. The molecule has 0 aliphatic carbocycles. The highest BCUT2D eigenvalue weighted by Crippen LogP contribution is 2.24. The quantitative estimate of drug-likeness (QED) is 0.387. The zero-order valence-electron chi connectivity index (χ0n) is 17.7. The number of hydrogen-bond acceptors (Lipinski definition) is 5. The molecular formula is C25H25F2N5. The molecule has 0 atom stereocenters. The molecule has 0 spiro atoms. The number of benzene rings is 2. The Bertz CT molecular complexity index is 1240. The number of hydrogen-bond donors (Lipinski definition) is 2. The van der Waals surface area contributed by atoms with Crippen molar-refractivity contribution in [2.45, 2.75) is 6.42 Å². The molecule has 1 fully saturated rings. The largest absolute Gasteiger partial charge is 0.384 e. The monoisotopic (exact) mass is 433 g/mol. The van der Waals surface area contributed by atoms with Crippen LogP contribution in [0, 0.1) is 17.6 Å². The summed E-state index contributed by atoms with van der Waals surface area (Å²) in [6.07, 6.45) is 4.46. The Hall–Kier alpha value is -3.32. The first-order valence-corrected chi connectivity index (χ1v) is 10.9. The summed E-state index contributed by atoms with van der Waals surface area (Å²) >= 11 is 0. The Morgan fingerprint density at radius 2 is 1.41 bits per heavy atom. The summed E-state index contributed by atoms with van der Waals surface area (Å²) in [6.45, 7) is 4.93. The molecule has 1 aliphatic heterocycles. The first kappa shape index (κ1) is 20.6. The number of nitrogens with zero attached hydrogens (tertiary/aromatic N) is 3. The fraction of sp³-hybridized carbons (Fsp3) is 0.280. The van der Waals surface area contributed by atoms with Gasteiger partial charge in [-0.2, -0.15) is 0 Å². The van der Waals surface area contributed by atoms with Crippen LogP contribution in [0.4, 0.5) is 20.2 Å². The van der Waals surface area contributed by atoms with E-state index in [1.54, 1.807) is 24.5 Å². The SMILES string of the molecule is Fc1ccc2c(NCCCN3CC(CNc4ccnc5cc(F)ccc45)C3)ccnc2c1. The number of halogens is 2. The molecule has 0 amide bonds. The fourth-order valence-corrected chi connectivity index (χ4v) is 4.32. The standard InChI is InChI=1S/C25H25F2N5/c26-18-2-4-20-22(6-9-29-24(20)12-18)28-8-1-11-32-15-17(16-32)14-31-23-7-10-30-25-13-19(27)3-5-21(23)25/h2-7,9-10,12-13,17H,1,8,11,14-16H2,(H,28,29)(H,30,31). The molecule has 1 saturated heterocycles. The van der Waals surface area contributed by atoms with Crippen molar-refractivity contribution in [1.82, 2.24) is 14.9 Å². The van der Waals surface area contributed by atoms with Crippen LogP contribution in [0.1, 0.15) is 6.42 Å². The molecular weight excluding hydrogens is 408 g/mol. The molecule has 164 valence electrons. The predicted molar refractivity (Wildman–Crippen MR) is 125 cm³/mol. The van der Waals surface area contributed by atoms with E-state index in [4.69, 9.17) is 0 Å². The van der Waals surface area contributed by atoms with Gasteiger partial charge in [-0.3, -0.25) is 9.97 Å².